The fraction of sp³-hybridized carbons (Fsp3) is 0.268. The molecule has 4 aromatic rings. The van der Waals surface area contributed by atoms with Gasteiger partial charge >= 0.3 is 0 Å². The molecule has 1 fully saturated rings. The predicted octanol–water partition coefficient (Wildman–Crippen LogP) is 3.94. The highest BCUT2D eigenvalue weighted by atomic mass is 16.5. The standard InChI is InChI=1S/C41H43N5O5/c1-42-34(27-30-14-7-3-8-15-30)41(50)46-25-11-18-35(46)39(48)45-36-37(31-16-9-4-10-17-31)51-32-21-19-28(20-22-32)23-24-43-38(47)33(44-40(36)49)26-29-12-5-2-6-13-29/h2-10,12-17,19-24,33-37,42H,11,18,25-27H2,1H3,(H,43,47)(H,44,49)(H,45,48)/t33-,34+,35-,36-,37-/m1/s1. The molecule has 3 aliphatic heterocycles. The molecule has 4 aromatic carbocycles. The summed E-state index contributed by atoms with van der Waals surface area (Å²) in [5.41, 5.74) is 3.34. The van der Waals surface area contributed by atoms with Gasteiger partial charge in [-0.25, -0.2) is 0 Å². The molecule has 5 atom stereocenters. The van der Waals surface area contributed by atoms with E-state index in [2.05, 4.69) is 21.3 Å². The molecule has 3 heterocycles. The Labute approximate surface area is 298 Å². The Morgan fingerprint density at radius 2 is 1.49 bits per heavy atom. The van der Waals surface area contributed by atoms with Crippen LogP contribution in [0.2, 0.25) is 0 Å². The lowest BCUT2D eigenvalue weighted by Crippen LogP contribution is -2.59. The van der Waals surface area contributed by atoms with E-state index in [9.17, 15) is 19.2 Å². The zero-order chi connectivity index (χ0) is 35.6. The number of ether oxygens (including phenoxy) is 1. The number of rotatable bonds is 9. The van der Waals surface area contributed by atoms with Gasteiger partial charge in [-0.05, 0) is 66.8 Å². The van der Waals surface area contributed by atoms with Crippen molar-refractivity contribution in [2.24, 2.45) is 0 Å². The third-order valence-electron chi connectivity index (χ3n) is 9.34. The van der Waals surface area contributed by atoms with E-state index >= 15 is 0 Å². The van der Waals surface area contributed by atoms with Crippen molar-refractivity contribution in [2.75, 3.05) is 13.6 Å². The van der Waals surface area contributed by atoms with E-state index < -0.39 is 48.0 Å². The van der Waals surface area contributed by atoms with Gasteiger partial charge in [0.05, 0.1) is 6.04 Å². The van der Waals surface area contributed by atoms with E-state index in [1.165, 1.54) is 0 Å². The molecular weight excluding hydrogens is 642 g/mol. The van der Waals surface area contributed by atoms with Crippen molar-refractivity contribution in [2.45, 2.75) is 56.0 Å². The average molecular weight is 686 g/mol. The second kappa shape index (κ2) is 16.8. The molecule has 3 aliphatic rings. The van der Waals surface area contributed by atoms with Gasteiger partial charge in [0.15, 0.2) is 6.10 Å². The maximum absolute atomic E-state index is 14.5. The van der Waals surface area contributed by atoms with E-state index in [1.807, 2.05) is 103 Å². The van der Waals surface area contributed by atoms with Crippen molar-refractivity contribution in [1.29, 1.82) is 0 Å². The number of fused-ring (bicyclic) bond motifs is 10. The molecule has 0 radical (unpaired) electrons. The van der Waals surface area contributed by atoms with Gasteiger partial charge in [0.1, 0.15) is 23.9 Å². The summed E-state index contributed by atoms with van der Waals surface area (Å²) >= 11 is 0. The molecule has 4 amide bonds. The molecule has 0 aliphatic carbocycles. The summed E-state index contributed by atoms with van der Waals surface area (Å²) in [4.78, 5) is 57.9. The van der Waals surface area contributed by atoms with E-state index in [-0.39, 0.29) is 12.3 Å². The Hall–Kier alpha value is -5.74. The van der Waals surface area contributed by atoms with Crippen molar-refractivity contribution in [3.8, 4) is 5.75 Å². The Morgan fingerprint density at radius 3 is 2.16 bits per heavy atom. The maximum atomic E-state index is 14.5. The molecule has 10 nitrogen and oxygen atoms in total. The molecule has 7 rings (SSSR count). The van der Waals surface area contributed by atoms with Crippen LogP contribution in [0.5, 0.6) is 5.75 Å². The molecule has 262 valence electrons. The number of hydrogen-bond donors (Lipinski definition) is 4. The molecule has 10 heteroatoms. The monoisotopic (exact) mass is 685 g/mol. The maximum Gasteiger partial charge on any atom is 0.247 e. The minimum atomic E-state index is -1.27. The van der Waals surface area contributed by atoms with Gasteiger partial charge in [-0.15, -0.1) is 0 Å². The van der Waals surface area contributed by atoms with Crippen LogP contribution in [0, 0.1) is 0 Å². The molecule has 1 saturated heterocycles. The van der Waals surface area contributed by atoms with Crippen molar-refractivity contribution in [3.05, 3.63) is 144 Å². The Bertz CT molecular complexity index is 1820. The van der Waals surface area contributed by atoms with Crippen LogP contribution in [0.3, 0.4) is 0 Å². The average Bonchev–Trinajstić information content (AvgIpc) is 3.66. The van der Waals surface area contributed by atoms with Crippen molar-refractivity contribution in [3.63, 3.8) is 0 Å². The summed E-state index contributed by atoms with van der Waals surface area (Å²) in [5.74, 6) is -1.17. The lowest BCUT2D eigenvalue weighted by atomic mass is 9.98. The number of amides is 4. The van der Waals surface area contributed by atoms with Crippen LogP contribution in [0.4, 0.5) is 0 Å². The highest BCUT2D eigenvalue weighted by molar-refractivity contribution is 5.96. The molecule has 0 saturated carbocycles. The molecule has 4 N–H and O–H groups in total. The number of likely N-dealkylation sites (N-methyl/N-ethyl adjacent to an activating group) is 1. The minimum Gasteiger partial charge on any atom is -0.483 e. The SMILES string of the molecule is CN[C@@H](Cc1ccccc1)C(=O)N1CCC[C@@H]1C(=O)N[C@H]1C(=O)N[C@H](Cc2ccccc2)C(=O)NC=Cc2ccc(cc2)O[C@@H]1c1ccccc1. The number of nitrogens with one attached hydrogen (secondary N) is 4. The highest BCUT2D eigenvalue weighted by Crippen LogP contribution is 2.28. The van der Waals surface area contributed by atoms with Crippen LogP contribution in [0.25, 0.3) is 6.08 Å². The second-order valence-electron chi connectivity index (χ2n) is 12.8. The lowest BCUT2D eigenvalue weighted by Gasteiger charge is -2.33. The number of benzene rings is 4. The van der Waals surface area contributed by atoms with Gasteiger partial charge in [-0.2, -0.15) is 0 Å². The Morgan fingerprint density at radius 1 is 0.843 bits per heavy atom. The Balaban J connectivity index is 1.32. The summed E-state index contributed by atoms with van der Waals surface area (Å²) < 4.78 is 6.53. The topological polar surface area (TPSA) is 129 Å². The predicted molar refractivity (Wildman–Crippen MR) is 195 cm³/mol. The molecule has 0 aromatic heterocycles. The van der Waals surface area contributed by atoms with Gasteiger partial charge in [-0.1, -0.05) is 103 Å². The number of carbonyl (C=O) groups excluding carboxylic acids is 4. The first-order valence-electron chi connectivity index (χ1n) is 17.3. The van der Waals surface area contributed by atoms with Crippen molar-refractivity contribution < 1.29 is 23.9 Å². The number of hydrogen-bond acceptors (Lipinski definition) is 6. The molecular formula is C41H43N5O5. The quantitative estimate of drug-likeness (QED) is 0.211. The lowest BCUT2D eigenvalue weighted by molar-refractivity contribution is -0.141. The number of carbonyl (C=O) groups is 4. The van der Waals surface area contributed by atoms with E-state index in [1.54, 1.807) is 36.4 Å². The van der Waals surface area contributed by atoms with E-state index in [0.29, 0.717) is 37.1 Å². The molecule has 0 unspecified atom stereocenters. The molecule has 0 spiro atoms. The zero-order valence-corrected chi connectivity index (χ0v) is 28.5. The molecule has 51 heavy (non-hydrogen) atoms. The van der Waals surface area contributed by atoms with Crippen LogP contribution in [-0.2, 0) is 32.0 Å². The first-order chi connectivity index (χ1) is 24.9. The highest BCUT2D eigenvalue weighted by Gasteiger charge is 2.41. The van der Waals surface area contributed by atoms with E-state index in [0.717, 1.165) is 16.7 Å². The molecule has 2 bridgehead atoms. The van der Waals surface area contributed by atoms with Crippen molar-refractivity contribution >= 4 is 29.7 Å². The minimum absolute atomic E-state index is 0.182. The summed E-state index contributed by atoms with van der Waals surface area (Å²) in [7, 11) is 1.74. The zero-order valence-electron chi connectivity index (χ0n) is 28.5. The summed E-state index contributed by atoms with van der Waals surface area (Å²) in [5, 5.41) is 11.8. The van der Waals surface area contributed by atoms with E-state index in [4.69, 9.17) is 4.74 Å². The van der Waals surface area contributed by atoms with Crippen LogP contribution in [0.15, 0.2) is 121 Å². The van der Waals surface area contributed by atoms with Crippen LogP contribution in [-0.4, -0.2) is 66.3 Å². The number of likely N-dealkylation sites (tertiary alicyclic amines) is 1. The smallest absolute Gasteiger partial charge is 0.247 e. The first kappa shape index (κ1) is 35.1. The van der Waals surface area contributed by atoms with Gasteiger partial charge < -0.3 is 30.9 Å². The first-order valence-corrected chi connectivity index (χ1v) is 17.3. The van der Waals surface area contributed by atoms with Crippen LogP contribution in [0.1, 0.15) is 41.2 Å². The third-order valence-corrected chi connectivity index (χ3v) is 9.34. The fourth-order valence-corrected chi connectivity index (χ4v) is 6.61. The summed E-state index contributed by atoms with van der Waals surface area (Å²) in [6.45, 7) is 0.415. The van der Waals surface area contributed by atoms with Gasteiger partial charge in [0, 0.05) is 19.2 Å². The second-order valence-corrected chi connectivity index (χ2v) is 12.8. The van der Waals surface area contributed by atoms with Crippen LogP contribution >= 0.6 is 0 Å². The van der Waals surface area contributed by atoms with Gasteiger partial charge in [0.2, 0.25) is 23.6 Å². The van der Waals surface area contributed by atoms with Crippen LogP contribution < -0.4 is 26.0 Å². The fourth-order valence-electron chi connectivity index (χ4n) is 6.61. The number of nitrogens with zero attached hydrogens (tertiary/aromatic N) is 1. The van der Waals surface area contributed by atoms with Gasteiger partial charge in [0.25, 0.3) is 0 Å². The van der Waals surface area contributed by atoms with Gasteiger partial charge in [-0.3, -0.25) is 19.2 Å². The summed E-state index contributed by atoms with van der Waals surface area (Å²) in [6.07, 6.45) is 4.09. The largest absolute Gasteiger partial charge is 0.483 e. The Kier molecular flexibility index (Phi) is 11.5. The summed E-state index contributed by atoms with van der Waals surface area (Å²) in [6, 6.07) is 32.0. The normalized spacial score (nSPS) is 21.2. The third kappa shape index (κ3) is 8.90. The van der Waals surface area contributed by atoms with Crippen molar-refractivity contribution in [1.82, 2.24) is 26.2 Å².